The SMILES string of the molecule is Cc1ccc(-n2c(SCc3noc(-c4ccsc4)n3)nc3ccccc3c2=O)cc1. The lowest BCUT2D eigenvalue weighted by atomic mass is 10.2. The van der Waals surface area contributed by atoms with Gasteiger partial charge in [0.15, 0.2) is 11.0 Å². The van der Waals surface area contributed by atoms with Gasteiger partial charge in [-0.05, 0) is 42.6 Å². The third kappa shape index (κ3) is 3.55. The van der Waals surface area contributed by atoms with Crippen molar-refractivity contribution >= 4 is 34.0 Å². The first-order valence-corrected chi connectivity index (χ1v) is 11.2. The van der Waals surface area contributed by atoms with Crippen LogP contribution < -0.4 is 5.56 Å². The Bertz CT molecular complexity index is 1370. The Morgan fingerprint density at radius 1 is 1.07 bits per heavy atom. The molecule has 0 amide bonds. The van der Waals surface area contributed by atoms with Gasteiger partial charge >= 0.3 is 0 Å². The zero-order chi connectivity index (χ0) is 20.5. The number of aromatic nitrogens is 4. The second-order valence-corrected chi connectivity index (χ2v) is 8.43. The Balaban J connectivity index is 1.53. The van der Waals surface area contributed by atoms with Gasteiger partial charge < -0.3 is 4.52 Å². The van der Waals surface area contributed by atoms with Crippen LogP contribution in [0.25, 0.3) is 28.0 Å². The minimum absolute atomic E-state index is 0.0981. The molecule has 0 saturated heterocycles. The van der Waals surface area contributed by atoms with Crippen LogP contribution in [0, 0.1) is 6.92 Å². The van der Waals surface area contributed by atoms with Crippen LogP contribution >= 0.6 is 23.1 Å². The van der Waals surface area contributed by atoms with Crippen molar-refractivity contribution in [3.8, 4) is 17.1 Å². The van der Waals surface area contributed by atoms with Crippen LogP contribution in [0.15, 0.2) is 79.8 Å². The number of thioether (sulfide) groups is 1. The maximum Gasteiger partial charge on any atom is 0.266 e. The van der Waals surface area contributed by atoms with Crippen molar-refractivity contribution in [2.24, 2.45) is 0 Å². The van der Waals surface area contributed by atoms with Crippen molar-refractivity contribution in [2.45, 2.75) is 17.8 Å². The molecule has 0 radical (unpaired) electrons. The molecule has 148 valence electrons. The monoisotopic (exact) mass is 432 g/mol. The number of hydrogen-bond acceptors (Lipinski definition) is 7. The standard InChI is InChI=1S/C22H16N4O2S2/c1-14-6-8-16(9-7-14)26-21(27)17-4-2-3-5-18(17)23-22(26)30-13-19-24-20(28-25-19)15-10-11-29-12-15/h2-12H,13H2,1H3. The van der Waals surface area contributed by atoms with Crippen LogP contribution in [0.1, 0.15) is 11.4 Å². The molecule has 0 fully saturated rings. The van der Waals surface area contributed by atoms with Crippen LogP contribution in [-0.4, -0.2) is 19.7 Å². The van der Waals surface area contributed by atoms with Crippen molar-refractivity contribution < 1.29 is 4.52 Å². The Morgan fingerprint density at radius 2 is 1.90 bits per heavy atom. The van der Waals surface area contributed by atoms with E-state index in [0.29, 0.717) is 33.5 Å². The number of thiophene rings is 1. The summed E-state index contributed by atoms with van der Waals surface area (Å²) in [5, 5.41) is 9.17. The van der Waals surface area contributed by atoms with Gasteiger partial charge in [0.25, 0.3) is 11.4 Å². The highest BCUT2D eigenvalue weighted by atomic mass is 32.2. The van der Waals surface area contributed by atoms with Crippen molar-refractivity contribution in [3.63, 3.8) is 0 Å². The fraction of sp³-hybridized carbons (Fsp3) is 0.0909. The van der Waals surface area contributed by atoms with E-state index in [9.17, 15) is 4.79 Å². The van der Waals surface area contributed by atoms with E-state index in [4.69, 9.17) is 9.51 Å². The molecule has 3 heterocycles. The van der Waals surface area contributed by atoms with Crippen molar-refractivity contribution in [1.29, 1.82) is 0 Å². The molecule has 5 aromatic rings. The molecule has 8 heteroatoms. The summed E-state index contributed by atoms with van der Waals surface area (Å²) in [5.41, 5.74) is 3.38. The van der Waals surface area contributed by atoms with E-state index in [0.717, 1.165) is 16.8 Å². The molecule has 30 heavy (non-hydrogen) atoms. The molecule has 0 bridgehead atoms. The highest BCUT2D eigenvalue weighted by Crippen LogP contribution is 2.26. The summed E-state index contributed by atoms with van der Waals surface area (Å²) in [6.45, 7) is 2.02. The third-order valence-corrected chi connectivity index (χ3v) is 6.22. The number of para-hydroxylation sites is 1. The lowest BCUT2D eigenvalue weighted by molar-refractivity contribution is 0.425. The summed E-state index contributed by atoms with van der Waals surface area (Å²) >= 11 is 2.98. The van der Waals surface area contributed by atoms with Gasteiger partial charge in [-0.2, -0.15) is 16.3 Å². The Morgan fingerprint density at radius 3 is 2.70 bits per heavy atom. The number of hydrogen-bond donors (Lipinski definition) is 0. The van der Waals surface area contributed by atoms with Crippen molar-refractivity contribution in [3.05, 3.63) is 87.1 Å². The predicted octanol–water partition coefficient (Wildman–Crippen LogP) is 5.10. The van der Waals surface area contributed by atoms with Gasteiger partial charge in [-0.25, -0.2) is 4.98 Å². The van der Waals surface area contributed by atoms with Gasteiger partial charge in [0, 0.05) is 5.38 Å². The van der Waals surface area contributed by atoms with Crippen LogP contribution in [0.5, 0.6) is 0 Å². The second kappa shape index (κ2) is 7.89. The van der Waals surface area contributed by atoms with Gasteiger partial charge in [-0.15, -0.1) is 0 Å². The van der Waals surface area contributed by atoms with E-state index in [2.05, 4.69) is 10.1 Å². The second-order valence-electron chi connectivity index (χ2n) is 6.70. The van der Waals surface area contributed by atoms with Gasteiger partial charge in [-0.1, -0.05) is 46.7 Å². The molecule has 0 aliphatic rings. The summed E-state index contributed by atoms with van der Waals surface area (Å²) in [6.07, 6.45) is 0. The number of fused-ring (bicyclic) bond motifs is 1. The fourth-order valence-electron chi connectivity index (χ4n) is 3.08. The number of aryl methyl sites for hydroxylation is 1. The zero-order valence-electron chi connectivity index (χ0n) is 16.0. The van der Waals surface area contributed by atoms with Gasteiger partial charge in [0.2, 0.25) is 0 Å². The molecule has 2 aromatic carbocycles. The summed E-state index contributed by atoms with van der Waals surface area (Å²) in [6, 6.07) is 17.2. The average Bonchev–Trinajstić information content (AvgIpc) is 3.45. The zero-order valence-corrected chi connectivity index (χ0v) is 17.6. The van der Waals surface area contributed by atoms with E-state index in [1.807, 2.05) is 66.2 Å². The number of nitrogens with zero attached hydrogens (tertiary/aromatic N) is 4. The molecule has 0 atom stereocenters. The lowest BCUT2D eigenvalue weighted by Gasteiger charge is -2.13. The van der Waals surface area contributed by atoms with Crippen molar-refractivity contribution in [1.82, 2.24) is 19.7 Å². The quantitative estimate of drug-likeness (QED) is 0.284. The maximum absolute atomic E-state index is 13.3. The number of benzene rings is 2. The molecule has 0 spiro atoms. The predicted molar refractivity (Wildman–Crippen MR) is 119 cm³/mol. The van der Waals surface area contributed by atoms with E-state index in [-0.39, 0.29) is 5.56 Å². The summed E-state index contributed by atoms with van der Waals surface area (Å²) in [5.74, 6) is 1.48. The first-order valence-electron chi connectivity index (χ1n) is 9.26. The van der Waals surface area contributed by atoms with Crippen LogP contribution in [0.4, 0.5) is 0 Å². The van der Waals surface area contributed by atoms with Crippen LogP contribution in [0.2, 0.25) is 0 Å². The first kappa shape index (κ1) is 18.8. The largest absolute Gasteiger partial charge is 0.334 e. The van der Waals surface area contributed by atoms with E-state index in [1.54, 1.807) is 22.0 Å². The summed E-state index contributed by atoms with van der Waals surface area (Å²) < 4.78 is 7.01. The molecule has 0 aliphatic heterocycles. The fourth-order valence-corrected chi connectivity index (χ4v) is 4.56. The molecule has 0 aliphatic carbocycles. The summed E-state index contributed by atoms with van der Waals surface area (Å²) in [4.78, 5) is 22.5. The molecule has 5 rings (SSSR count). The van der Waals surface area contributed by atoms with E-state index < -0.39 is 0 Å². The highest BCUT2D eigenvalue weighted by Gasteiger charge is 2.15. The number of rotatable bonds is 5. The molecule has 0 unspecified atom stereocenters. The third-order valence-electron chi connectivity index (χ3n) is 4.60. The lowest BCUT2D eigenvalue weighted by Crippen LogP contribution is -2.21. The van der Waals surface area contributed by atoms with Crippen LogP contribution in [-0.2, 0) is 5.75 Å². The molecular weight excluding hydrogens is 416 g/mol. The van der Waals surface area contributed by atoms with E-state index >= 15 is 0 Å². The molecule has 3 aromatic heterocycles. The minimum Gasteiger partial charge on any atom is -0.334 e. The first-order chi connectivity index (χ1) is 14.7. The average molecular weight is 433 g/mol. The Labute approximate surface area is 180 Å². The topological polar surface area (TPSA) is 73.8 Å². The van der Waals surface area contributed by atoms with Gasteiger partial charge in [-0.3, -0.25) is 9.36 Å². The molecule has 6 nitrogen and oxygen atoms in total. The Hall–Kier alpha value is -3.23. The molecule has 0 saturated carbocycles. The maximum atomic E-state index is 13.3. The van der Waals surface area contributed by atoms with Gasteiger partial charge in [0.05, 0.1) is 27.9 Å². The normalized spacial score (nSPS) is 11.2. The minimum atomic E-state index is -0.0981. The molecule has 0 N–H and O–H groups in total. The smallest absolute Gasteiger partial charge is 0.266 e. The van der Waals surface area contributed by atoms with Crippen LogP contribution in [0.3, 0.4) is 0 Å². The van der Waals surface area contributed by atoms with E-state index in [1.165, 1.54) is 11.8 Å². The van der Waals surface area contributed by atoms with Gasteiger partial charge in [0.1, 0.15) is 0 Å². The summed E-state index contributed by atoms with van der Waals surface area (Å²) in [7, 11) is 0. The molecular formula is C22H16N4O2S2. The van der Waals surface area contributed by atoms with Crippen molar-refractivity contribution in [2.75, 3.05) is 0 Å². The highest BCUT2D eigenvalue weighted by molar-refractivity contribution is 7.98. The Kier molecular flexibility index (Phi) is 4.94.